The van der Waals surface area contributed by atoms with Crippen LogP contribution in [0.15, 0.2) is 47.4 Å². The summed E-state index contributed by atoms with van der Waals surface area (Å²) in [4.78, 5) is 25.6. The number of fused-ring (bicyclic) bond motifs is 2. The fraction of sp³-hybridized carbons (Fsp3) is 0.304. The molecule has 0 aliphatic carbocycles. The first-order chi connectivity index (χ1) is 15.2. The van der Waals surface area contributed by atoms with Crippen LogP contribution in [0.25, 0.3) is 11.4 Å². The van der Waals surface area contributed by atoms with Crippen LogP contribution in [0.2, 0.25) is 0 Å². The monoisotopic (exact) mass is 433 g/mol. The Balaban J connectivity index is 1.32. The number of nitrogens with one attached hydrogen (secondary N) is 2. The van der Waals surface area contributed by atoms with Gasteiger partial charge >= 0.3 is 0 Å². The van der Waals surface area contributed by atoms with Gasteiger partial charge in [-0.25, -0.2) is 0 Å². The van der Waals surface area contributed by atoms with Gasteiger partial charge in [-0.05, 0) is 55.3 Å². The van der Waals surface area contributed by atoms with Crippen LogP contribution in [0.1, 0.15) is 41.9 Å². The van der Waals surface area contributed by atoms with Gasteiger partial charge in [-0.3, -0.25) is 9.59 Å². The molecule has 5 rings (SSSR count). The molecule has 2 aliphatic heterocycles. The van der Waals surface area contributed by atoms with Crippen molar-refractivity contribution >= 4 is 35.0 Å². The lowest BCUT2D eigenvalue weighted by Gasteiger charge is -2.11. The minimum absolute atomic E-state index is 0.0224. The zero-order valence-corrected chi connectivity index (χ0v) is 17.9. The molecule has 3 heterocycles. The molecule has 3 aromatic rings. The smallest absolute Gasteiger partial charge is 0.255 e. The fourth-order valence-electron chi connectivity index (χ4n) is 3.97. The largest absolute Gasteiger partial charge is 0.325 e. The van der Waals surface area contributed by atoms with Crippen LogP contribution < -0.4 is 10.6 Å². The van der Waals surface area contributed by atoms with Gasteiger partial charge in [-0.15, -0.1) is 22.0 Å². The lowest BCUT2D eigenvalue weighted by molar-refractivity contribution is -0.115. The molecule has 0 saturated carbocycles. The Morgan fingerprint density at radius 2 is 1.90 bits per heavy atom. The molecular formula is C23H23N5O2S. The Bertz CT molecular complexity index is 1140. The first-order valence-corrected chi connectivity index (χ1v) is 11.6. The van der Waals surface area contributed by atoms with Crippen LogP contribution in [-0.2, 0) is 17.8 Å². The summed E-state index contributed by atoms with van der Waals surface area (Å²) in [7, 11) is 0. The normalized spacial score (nSPS) is 15.8. The van der Waals surface area contributed by atoms with Crippen molar-refractivity contribution < 1.29 is 9.59 Å². The van der Waals surface area contributed by atoms with E-state index in [0.717, 1.165) is 53.7 Å². The molecule has 8 heteroatoms. The average molecular weight is 434 g/mol. The zero-order valence-electron chi connectivity index (χ0n) is 17.1. The van der Waals surface area contributed by atoms with Gasteiger partial charge in [0, 0.05) is 46.8 Å². The van der Waals surface area contributed by atoms with Crippen LogP contribution in [0.3, 0.4) is 0 Å². The Morgan fingerprint density at radius 3 is 2.77 bits per heavy atom. The quantitative estimate of drug-likeness (QED) is 0.641. The van der Waals surface area contributed by atoms with E-state index in [1.165, 1.54) is 6.42 Å². The number of hydrogen-bond donors (Lipinski definition) is 2. The number of amides is 2. The summed E-state index contributed by atoms with van der Waals surface area (Å²) >= 11 is 1.62. The Kier molecular flexibility index (Phi) is 5.46. The predicted octanol–water partition coefficient (Wildman–Crippen LogP) is 4.36. The zero-order chi connectivity index (χ0) is 21.2. The molecule has 1 aromatic heterocycles. The molecule has 2 N–H and O–H groups in total. The molecule has 2 amide bonds. The third-order valence-corrected chi connectivity index (χ3v) is 6.69. The summed E-state index contributed by atoms with van der Waals surface area (Å²) in [5.41, 5.74) is 2.90. The standard InChI is InChI=1S/C23H23N5O2S/c29-21-11-13-31-19-10-7-16(14-18(19)25-21)23(30)24-17-8-5-15(6-9-17)22-27-26-20-4-2-1-3-12-28(20)22/h5-10,14H,1-4,11-13H2,(H,24,30)(H,25,29). The van der Waals surface area contributed by atoms with Crippen molar-refractivity contribution in [3.63, 3.8) is 0 Å². The Morgan fingerprint density at radius 1 is 1.03 bits per heavy atom. The van der Waals surface area contributed by atoms with Gasteiger partial charge in [0.25, 0.3) is 5.91 Å². The highest BCUT2D eigenvalue weighted by atomic mass is 32.2. The highest BCUT2D eigenvalue weighted by molar-refractivity contribution is 7.99. The molecule has 0 atom stereocenters. The number of aromatic nitrogens is 3. The number of carbonyl (C=O) groups is 2. The molecule has 0 bridgehead atoms. The van der Waals surface area contributed by atoms with Crippen molar-refractivity contribution in [2.45, 2.75) is 43.5 Å². The first kappa shape index (κ1) is 19.8. The van der Waals surface area contributed by atoms with Crippen molar-refractivity contribution in [3.8, 4) is 11.4 Å². The number of anilines is 2. The highest BCUT2D eigenvalue weighted by Gasteiger charge is 2.17. The summed E-state index contributed by atoms with van der Waals surface area (Å²) in [6, 6.07) is 13.1. The van der Waals surface area contributed by atoms with Gasteiger partial charge in [0.2, 0.25) is 5.91 Å². The van der Waals surface area contributed by atoms with Crippen LogP contribution in [0.4, 0.5) is 11.4 Å². The topological polar surface area (TPSA) is 88.9 Å². The van der Waals surface area contributed by atoms with Gasteiger partial charge in [-0.2, -0.15) is 0 Å². The third-order valence-electron chi connectivity index (χ3n) is 5.61. The maximum atomic E-state index is 12.8. The van der Waals surface area contributed by atoms with Gasteiger partial charge in [-0.1, -0.05) is 6.42 Å². The lowest BCUT2D eigenvalue weighted by Crippen LogP contribution is -2.14. The number of carbonyl (C=O) groups excluding carboxylic acids is 2. The summed E-state index contributed by atoms with van der Waals surface area (Å²) < 4.78 is 2.21. The van der Waals surface area contributed by atoms with Crippen LogP contribution in [0, 0.1) is 0 Å². The van der Waals surface area contributed by atoms with E-state index in [0.29, 0.717) is 23.4 Å². The molecule has 2 aliphatic rings. The molecule has 0 radical (unpaired) electrons. The van der Waals surface area contributed by atoms with Crippen LogP contribution in [-0.4, -0.2) is 32.3 Å². The van der Waals surface area contributed by atoms with E-state index >= 15 is 0 Å². The lowest BCUT2D eigenvalue weighted by atomic mass is 10.1. The second kappa shape index (κ2) is 8.55. The van der Waals surface area contributed by atoms with E-state index in [1.807, 2.05) is 30.3 Å². The van der Waals surface area contributed by atoms with Crippen molar-refractivity contribution in [3.05, 3.63) is 53.9 Å². The Hall–Kier alpha value is -3.13. The van der Waals surface area contributed by atoms with Crippen molar-refractivity contribution in [2.24, 2.45) is 0 Å². The number of aryl methyl sites for hydroxylation is 1. The Labute approximate surface area is 184 Å². The van der Waals surface area contributed by atoms with E-state index in [9.17, 15) is 9.59 Å². The highest BCUT2D eigenvalue weighted by Crippen LogP contribution is 2.32. The second-order valence-corrected chi connectivity index (χ2v) is 8.93. The second-order valence-electron chi connectivity index (χ2n) is 7.79. The third kappa shape index (κ3) is 4.20. The minimum Gasteiger partial charge on any atom is -0.325 e. The molecule has 31 heavy (non-hydrogen) atoms. The average Bonchev–Trinajstić information content (AvgIpc) is 2.92. The molecule has 7 nitrogen and oxygen atoms in total. The minimum atomic E-state index is -0.213. The number of rotatable bonds is 3. The number of benzene rings is 2. The molecule has 0 spiro atoms. The van der Waals surface area contributed by atoms with E-state index in [-0.39, 0.29) is 11.8 Å². The van der Waals surface area contributed by atoms with E-state index < -0.39 is 0 Å². The van der Waals surface area contributed by atoms with Crippen molar-refractivity contribution in [1.82, 2.24) is 14.8 Å². The summed E-state index contributed by atoms with van der Waals surface area (Å²) in [5, 5.41) is 14.6. The van der Waals surface area contributed by atoms with Gasteiger partial charge in [0.05, 0.1) is 5.69 Å². The maximum absolute atomic E-state index is 12.8. The molecule has 0 saturated heterocycles. The summed E-state index contributed by atoms with van der Waals surface area (Å²) in [5.74, 6) is 2.44. The van der Waals surface area contributed by atoms with Gasteiger partial charge in [0.1, 0.15) is 5.82 Å². The molecular weight excluding hydrogens is 410 g/mol. The van der Waals surface area contributed by atoms with Gasteiger partial charge in [0.15, 0.2) is 5.82 Å². The number of thioether (sulfide) groups is 1. The molecule has 0 unspecified atom stereocenters. The predicted molar refractivity (Wildman–Crippen MR) is 121 cm³/mol. The van der Waals surface area contributed by atoms with E-state index in [4.69, 9.17) is 0 Å². The van der Waals surface area contributed by atoms with E-state index in [1.54, 1.807) is 23.9 Å². The van der Waals surface area contributed by atoms with Crippen LogP contribution in [0.5, 0.6) is 0 Å². The SMILES string of the molecule is O=C1CCSc2ccc(C(=O)Nc3ccc(-c4nnc5n4CCCCC5)cc3)cc2N1. The van der Waals surface area contributed by atoms with Crippen molar-refractivity contribution in [2.75, 3.05) is 16.4 Å². The first-order valence-electron chi connectivity index (χ1n) is 10.6. The number of hydrogen-bond acceptors (Lipinski definition) is 5. The van der Waals surface area contributed by atoms with Gasteiger partial charge < -0.3 is 15.2 Å². The fourth-order valence-corrected chi connectivity index (χ4v) is 4.90. The van der Waals surface area contributed by atoms with E-state index in [2.05, 4.69) is 25.4 Å². The molecule has 158 valence electrons. The molecule has 0 fully saturated rings. The molecule has 2 aromatic carbocycles. The van der Waals surface area contributed by atoms with Crippen molar-refractivity contribution in [1.29, 1.82) is 0 Å². The number of nitrogens with zero attached hydrogens (tertiary/aromatic N) is 3. The summed E-state index contributed by atoms with van der Waals surface area (Å²) in [6.07, 6.45) is 4.97. The van der Waals surface area contributed by atoms with Crippen LogP contribution >= 0.6 is 11.8 Å². The maximum Gasteiger partial charge on any atom is 0.255 e. The summed E-state index contributed by atoms with van der Waals surface area (Å²) in [6.45, 7) is 0.948.